The molecule has 1 aromatic carbocycles. The molecule has 21 heavy (non-hydrogen) atoms. The second-order valence-electron chi connectivity index (χ2n) is 6.43. The molecule has 1 aliphatic heterocycles. The second-order valence-corrected chi connectivity index (χ2v) is 6.43. The van der Waals surface area contributed by atoms with Gasteiger partial charge < -0.3 is 19.7 Å². The van der Waals surface area contributed by atoms with Crippen molar-refractivity contribution in [3.63, 3.8) is 0 Å². The summed E-state index contributed by atoms with van der Waals surface area (Å²) in [5, 5.41) is 11.2. The minimum atomic E-state index is -1.03. The van der Waals surface area contributed by atoms with Gasteiger partial charge in [0.25, 0.3) is 0 Å². The Morgan fingerprint density at radius 1 is 1.14 bits per heavy atom. The van der Waals surface area contributed by atoms with E-state index in [4.69, 9.17) is 14.4 Å². The zero-order chi connectivity index (χ0) is 15.8. The molecule has 1 aliphatic rings. The fraction of sp³-hybridized carbons (Fsp3) is 0.533. The van der Waals surface area contributed by atoms with E-state index in [0.717, 1.165) is 11.0 Å². The molecular formula is C15H22BNO4. The first-order valence-electron chi connectivity index (χ1n) is 7.07. The lowest BCUT2D eigenvalue weighted by molar-refractivity contribution is 0.00578. The first kappa shape index (κ1) is 15.9. The highest BCUT2D eigenvalue weighted by atomic mass is 16.7. The van der Waals surface area contributed by atoms with Gasteiger partial charge in [-0.15, -0.1) is 0 Å². The molecule has 1 fully saturated rings. The number of carbonyl (C=O) groups is 1. The van der Waals surface area contributed by atoms with Gasteiger partial charge in [0.2, 0.25) is 0 Å². The number of nitrogens with one attached hydrogen (secondary N) is 1. The van der Waals surface area contributed by atoms with E-state index in [1.807, 2.05) is 52.0 Å². The lowest BCUT2D eigenvalue weighted by atomic mass is 9.78. The topological polar surface area (TPSA) is 67.8 Å². The van der Waals surface area contributed by atoms with Crippen LogP contribution in [0.25, 0.3) is 0 Å². The van der Waals surface area contributed by atoms with Crippen molar-refractivity contribution >= 4 is 18.7 Å². The van der Waals surface area contributed by atoms with Crippen molar-refractivity contribution in [2.24, 2.45) is 0 Å². The van der Waals surface area contributed by atoms with Gasteiger partial charge in [0.05, 0.1) is 17.2 Å². The van der Waals surface area contributed by atoms with Crippen LogP contribution in [0.4, 0.5) is 4.79 Å². The van der Waals surface area contributed by atoms with Gasteiger partial charge in [-0.3, -0.25) is 0 Å². The molecule has 0 radical (unpaired) electrons. The van der Waals surface area contributed by atoms with Crippen molar-refractivity contribution in [3.05, 3.63) is 29.8 Å². The molecule has 0 unspecified atom stereocenters. The first-order valence-corrected chi connectivity index (χ1v) is 7.07. The van der Waals surface area contributed by atoms with Crippen LogP contribution in [0.15, 0.2) is 24.3 Å². The summed E-state index contributed by atoms with van der Waals surface area (Å²) in [5.41, 5.74) is 1.10. The Hall–Kier alpha value is -1.53. The largest absolute Gasteiger partial charge is 0.494 e. The average Bonchev–Trinajstić information content (AvgIpc) is 2.58. The zero-order valence-electron chi connectivity index (χ0n) is 13.1. The fourth-order valence-electron chi connectivity index (χ4n) is 2.19. The first-order chi connectivity index (χ1) is 9.62. The van der Waals surface area contributed by atoms with Gasteiger partial charge >= 0.3 is 13.2 Å². The summed E-state index contributed by atoms with van der Waals surface area (Å²) in [6.07, 6.45) is -1.03. The van der Waals surface area contributed by atoms with Gasteiger partial charge in [0.15, 0.2) is 0 Å². The van der Waals surface area contributed by atoms with E-state index in [1.54, 1.807) is 6.92 Å². The Balaban J connectivity index is 2.12. The minimum Gasteiger partial charge on any atom is -0.465 e. The fourth-order valence-corrected chi connectivity index (χ4v) is 2.19. The van der Waals surface area contributed by atoms with Gasteiger partial charge in [0, 0.05) is 0 Å². The molecule has 1 aromatic rings. The third-order valence-corrected chi connectivity index (χ3v) is 4.30. The van der Waals surface area contributed by atoms with E-state index in [9.17, 15) is 4.79 Å². The van der Waals surface area contributed by atoms with E-state index in [0.29, 0.717) is 0 Å². The number of hydrogen-bond donors (Lipinski definition) is 2. The summed E-state index contributed by atoms with van der Waals surface area (Å²) in [6.45, 7) is 9.86. The summed E-state index contributed by atoms with van der Waals surface area (Å²) < 4.78 is 12.0. The summed E-state index contributed by atoms with van der Waals surface area (Å²) in [6, 6.07) is 7.35. The van der Waals surface area contributed by atoms with Crippen LogP contribution in [0.2, 0.25) is 0 Å². The molecule has 1 atom stereocenters. The quantitative estimate of drug-likeness (QED) is 0.839. The lowest BCUT2D eigenvalue weighted by Gasteiger charge is -2.32. The van der Waals surface area contributed by atoms with Crippen molar-refractivity contribution in [1.29, 1.82) is 0 Å². The maximum Gasteiger partial charge on any atom is 0.494 e. The maximum absolute atomic E-state index is 10.7. The molecule has 1 amide bonds. The number of carboxylic acid groups (broad SMARTS) is 1. The summed E-state index contributed by atoms with van der Waals surface area (Å²) >= 11 is 0. The minimum absolute atomic E-state index is 0.255. The molecule has 6 heteroatoms. The Morgan fingerprint density at radius 3 is 2.05 bits per heavy atom. The van der Waals surface area contributed by atoms with Crippen LogP contribution in [-0.4, -0.2) is 29.5 Å². The molecule has 0 aliphatic carbocycles. The van der Waals surface area contributed by atoms with Crippen molar-refractivity contribution in [1.82, 2.24) is 5.32 Å². The third kappa shape index (κ3) is 3.22. The van der Waals surface area contributed by atoms with Crippen molar-refractivity contribution in [3.8, 4) is 0 Å². The van der Waals surface area contributed by atoms with Gasteiger partial charge in [-0.05, 0) is 45.6 Å². The van der Waals surface area contributed by atoms with Gasteiger partial charge in [0.1, 0.15) is 0 Å². The van der Waals surface area contributed by atoms with E-state index < -0.39 is 13.2 Å². The Bertz CT molecular complexity index is 511. The maximum atomic E-state index is 10.7. The van der Waals surface area contributed by atoms with Gasteiger partial charge in [-0.2, -0.15) is 0 Å². The van der Waals surface area contributed by atoms with Crippen molar-refractivity contribution < 1.29 is 19.2 Å². The standard InChI is InChI=1S/C15H22BNO4/c1-10(17-13(18)19)11-6-8-12(9-7-11)16-20-14(2,3)15(4,5)21-16/h6-10,17H,1-5H3,(H,18,19)/t10-/m1/s1. The molecule has 0 bridgehead atoms. The van der Waals surface area contributed by atoms with E-state index in [-0.39, 0.29) is 17.2 Å². The number of benzene rings is 1. The van der Waals surface area contributed by atoms with E-state index >= 15 is 0 Å². The molecular weight excluding hydrogens is 269 g/mol. The highest BCUT2D eigenvalue weighted by Crippen LogP contribution is 2.36. The summed E-state index contributed by atoms with van der Waals surface area (Å²) in [4.78, 5) is 10.7. The second kappa shape index (κ2) is 5.35. The summed E-state index contributed by atoms with van der Waals surface area (Å²) in [7, 11) is -0.396. The van der Waals surface area contributed by atoms with Crippen LogP contribution >= 0.6 is 0 Å². The van der Waals surface area contributed by atoms with Crippen LogP contribution in [0.3, 0.4) is 0 Å². The summed E-state index contributed by atoms with van der Waals surface area (Å²) in [5.74, 6) is 0. The van der Waals surface area contributed by atoms with E-state index in [2.05, 4.69) is 5.32 Å². The van der Waals surface area contributed by atoms with E-state index in [1.165, 1.54) is 0 Å². The van der Waals surface area contributed by atoms with Crippen molar-refractivity contribution in [2.45, 2.75) is 51.9 Å². The molecule has 0 spiro atoms. The lowest BCUT2D eigenvalue weighted by Crippen LogP contribution is -2.41. The highest BCUT2D eigenvalue weighted by molar-refractivity contribution is 6.62. The van der Waals surface area contributed by atoms with Crippen LogP contribution in [0, 0.1) is 0 Å². The number of rotatable bonds is 3. The predicted octanol–water partition coefficient (Wildman–Crippen LogP) is 2.31. The van der Waals surface area contributed by atoms with Crippen LogP contribution in [0.5, 0.6) is 0 Å². The molecule has 2 N–H and O–H groups in total. The number of amides is 1. The van der Waals surface area contributed by atoms with Crippen LogP contribution < -0.4 is 10.8 Å². The Morgan fingerprint density at radius 2 is 1.62 bits per heavy atom. The Kier molecular flexibility index (Phi) is 4.04. The molecule has 5 nitrogen and oxygen atoms in total. The average molecular weight is 291 g/mol. The van der Waals surface area contributed by atoms with Crippen LogP contribution in [0.1, 0.15) is 46.2 Å². The molecule has 1 heterocycles. The zero-order valence-corrected chi connectivity index (χ0v) is 13.1. The molecule has 2 rings (SSSR count). The smallest absolute Gasteiger partial charge is 0.465 e. The molecule has 1 saturated heterocycles. The Labute approximate surface area is 125 Å². The number of hydrogen-bond acceptors (Lipinski definition) is 3. The van der Waals surface area contributed by atoms with Crippen LogP contribution in [-0.2, 0) is 9.31 Å². The monoisotopic (exact) mass is 291 g/mol. The predicted molar refractivity (Wildman–Crippen MR) is 81.7 cm³/mol. The van der Waals surface area contributed by atoms with Crippen molar-refractivity contribution in [2.75, 3.05) is 0 Å². The highest BCUT2D eigenvalue weighted by Gasteiger charge is 2.51. The van der Waals surface area contributed by atoms with Gasteiger partial charge in [-0.1, -0.05) is 24.3 Å². The third-order valence-electron chi connectivity index (χ3n) is 4.30. The SMILES string of the molecule is C[C@@H](NC(=O)O)c1ccc(B2OC(C)(C)C(C)(C)O2)cc1. The molecule has 0 saturated carbocycles. The normalized spacial score (nSPS) is 21.1. The molecule has 0 aromatic heterocycles. The molecule has 114 valence electrons. The van der Waals surface area contributed by atoms with Gasteiger partial charge in [-0.25, -0.2) is 4.79 Å².